The third-order valence-corrected chi connectivity index (χ3v) is 22.8. The fourth-order valence-corrected chi connectivity index (χ4v) is 16.1. The van der Waals surface area contributed by atoms with Crippen molar-refractivity contribution in [1.82, 2.24) is 42.5 Å². The highest BCUT2D eigenvalue weighted by atomic mass is 35.5. The molecule has 3 fully saturated rings. The van der Waals surface area contributed by atoms with Gasteiger partial charge in [0.05, 0.1) is 66.6 Å². The minimum atomic E-state index is -4.81. The number of nitrogens with two attached hydrogens (primary N) is 1. The molecule has 3 saturated heterocycles. The van der Waals surface area contributed by atoms with Gasteiger partial charge in [-0.3, -0.25) is 38.4 Å². The van der Waals surface area contributed by atoms with Crippen LogP contribution in [0.25, 0.3) is 11.1 Å². The number of carboxylic acid groups (broad SMARTS) is 1. The number of carbonyl (C=O) groups is 9. The summed E-state index contributed by atoms with van der Waals surface area (Å²) in [5.41, 5.74) is -0.139. The summed E-state index contributed by atoms with van der Waals surface area (Å²) >= 11 is 14.3. The van der Waals surface area contributed by atoms with E-state index in [-0.39, 0.29) is 85.6 Å². The number of likely N-dealkylation sites (N-methyl/N-ethyl adjacent to an activating group) is 1. The first-order valence-electron chi connectivity index (χ1n) is 39.6. The SMILES string of the molecule is CN[C@H](CC(C)C)C(=O)N[C@H]1C(=O)N[C@@H](CC(N)=O)C(=O)NC2C(=O)NC3C(=O)N[C@H](C(=O)N[C@@H](C(=O)O)c4cc(O)cc(O)c4-c4cc3ccc4O)[C@H](O)c3ccc(c(Cl)c3)Oc3cc2cc(c3OC2O[C@H](CO)[C@@H](O)[C@@H](O)[C@H]2O[C@H]2C[C@](C)(NCc3ccc(C(=O)Nc4ccc(N5CCOCC5)c(C(F)(F)F)c4)o3)[C@H](O)[C@H](C)O2)Oc2ccc(cc2Cl)[C@H]1O. The van der Waals surface area contributed by atoms with E-state index in [1.807, 2.05) is 0 Å². The Bertz CT molecular complexity index is 5360. The molecule has 126 heavy (non-hydrogen) atoms. The predicted octanol–water partition coefficient (Wildman–Crippen LogP) is 3.64. The molecule has 6 aromatic carbocycles. The molecule has 0 radical (unpaired) electrons. The number of nitrogens with zero attached hydrogens (tertiary/aromatic N) is 1. The van der Waals surface area contributed by atoms with Crippen LogP contribution in [0.5, 0.6) is 46.0 Å². The van der Waals surface area contributed by atoms with E-state index in [2.05, 4.69) is 47.9 Å². The maximum atomic E-state index is 16.2. The van der Waals surface area contributed by atoms with Gasteiger partial charge in [-0.05, 0) is 140 Å². The number of amides is 8. The van der Waals surface area contributed by atoms with Crippen LogP contribution in [0.3, 0.4) is 0 Å². The maximum Gasteiger partial charge on any atom is 0.418 e. The van der Waals surface area contributed by atoms with Crippen LogP contribution in [0.15, 0.2) is 114 Å². The number of anilines is 2. The molecule has 0 spiro atoms. The predicted molar refractivity (Wildman–Crippen MR) is 433 cm³/mol. The molecule has 9 heterocycles. The van der Waals surface area contributed by atoms with Gasteiger partial charge in [0.1, 0.15) is 95.2 Å². The lowest BCUT2D eigenvalue weighted by Gasteiger charge is -2.48. The Morgan fingerprint density at radius 3 is 1.98 bits per heavy atom. The number of aliphatic carboxylic acids is 1. The van der Waals surface area contributed by atoms with Crippen LogP contribution in [0.1, 0.15) is 127 Å². The van der Waals surface area contributed by atoms with Gasteiger partial charge in [0.25, 0.3) is 5.91 Å². The largest absolute Gasteiger partial charge is 0.508 e. The topological polar surface area (TPSA) is 571 Å². The minimum absolute atomic E-state index is 0.0783. The second-order valence-electron chi connectivity index (χ2n) is 31.5. The summed E-state index contributed by atoms with van der Waals surface area (Å²) in [5.74, 6) is -17.9. The third kappa shape index (κ3) is 19.9. The molecule has 674 valence electrons. The summed E-state index contributed by atoms with van der Waals surface area (Å²) in [7, 11) is 1.45. The highest BCUT2D eigenvalue weighted by Crippen LogP contribution is 2.51. The van der Waals surface area contributed by atoms with E-state index >= 15 is 14.4 Å². The molecular weight excluding hydrogens is 1710 g/mol. The molecule has 1 aromatic heterocycles. The summed E-state index contributed by atoms with van der Waals surface area (Å²) in [5, 5.41) is 139. The number of nitrogens with one attached hydrogen (secondary N) is 9. The lowest BCUT2D eigenvalue weighted by molar-refractivity contribution is -0.334. The number of aliphatic hydroxyl groups is 6. The Hall–Kier alpha value is -11.7. The molecule has 0 aliphatic carbocycles. The lowest BCUT2D eigenvalue weighted by atomic mass is 9.85. The number of fused-ring (bicyclic) bond motifs is 15. The van der Waals surface area contributed by atoms with E-state index < -0.39 is 271 Å². The Balaban J connectivity index is 0.928. The molecule has 3 unspecified atom stereocenters. The van der Waals surface area contributed by atoms with Gasteiger partial charge in [0.15, 0.2) is 35.7 Å². The molecule has 7 aromatic rings. The van der Waals surface area contributed by atoms with Crippen molar-refractivity contribution in [3.05, 3.63) is 164 Å². The molecule has 38 nitrogen and oxygen atoms in total. The van der Waals surface area contributed by atoms with Crippen LogP contribution in [-0.2, 0) is 70.0 Å². The van der Waals surface area contributed by atoms with Gasteiger partial charge in [0, 0.05) is 59.2 Å². The fraction of sp³-hybridized carbons (Fsp3) is 0.410. The van der Waals surface area contributed by atoms with Crippen molar-refractivity contribution in [2.45, 2.75) is 169 Å². The maximum absolute atomic E-state index is 16.2. The number of morpholine rings is 1. The number of halogens is 5. The highest BCUT2D eigenvalue weighted by molar-refractivity contribution is 6.32. The van der Waals surface area contributed by atoms with Crippen molar-refractivity contribution < 1.29 is 145 Å². The number of benzene rings is 6. The van der Waals surface area contributed by atoms with Crippen LogP contribution in [0.2, 0.25) is 10.0 Å². The van der Waals surface area contributed by atoms with Gasteiger partial charge in [-0.2, -0.15) is 13.2 Å². The van der Waals surface area contributed by atoms with E-state index in [1.165, 1.54) is 49.2 Å². The quantitative estimate of drug-likeness (QED) is 0.0549. The molecule has 21 N–H and O–H groups in total. The molecule has 8 aliphatic rings. The minimum Gasteiger partial charge on any atom is -0.508 e. The van der Waals surface area contributed by atoms with E-state index in [0.717, 1.165) is 78.9 Å². The zero-order chi connectivity index (χ0) is 91.0. The number of hydrogen-bond acceptors (Lipinski definition) is 29. The normalized spacial score (nSPS) is 26.8. The monoisotopic (exact) mass is 1800 g/mol. The smallest absolute Gasteiger partial charge is 0.418 e. The molecule has 15 rings (SSSR count). The zero-order valence-electron chi connectivity index (χ0n) is 67.5. The van der Waals surface area contributed by atoms with Crippen molar-refractivity contribution in [3.63, 3.8) is 0 Å². The first-order valence-corrected chi connectivity index (χ1v) is 40.3. The van der Waals surface area contributed by atoms with Crippen LogP contribution in [0, 0.1) is 5.92 Å². The van der Waals surface area contributed by atoms with Crippen molar-refractivity contribution in [2.24, 2.45) is 11.7 Å². The fourth-order valence-electron chi connectivity index (χ4n) is 15.6. The van der Waals surface area contributed by atoms with Gasteiger partial charge < -0.3 is 147 Å². The molecule has 8 amide bonds. The Labute approximate surface area is 724 Å². The van der Waals surface area contributed by atoms with Gasteiger partial charge in [0.2, 0.25) is 53.4 Å². The number of alkyl halides is 3. The average Bonchev–Trinajstić information content (AvgIpc) is 0.793. The number of ether oxygens (including phenoxy) is 7. The molecule has 18 atom stereocenters. The van der Waals surface area contributed by atoms with E-state index in [0.29, 0.717) is 0 Å². The second kappa shape index (κ2) is 37.9. The number of hydrogen-bond donors (Lipinski definition) is 20. The van der Waals surface area contributed by atoms with Gasteiger partial charge >= 0.3 is 12.1 Å². The highest BCUT2D eigenvalue weighted by Gasteiger charge is 2.53. The van der Waals surface area contributed by atoms with Gasteiger partial charge in [-0.25, -0.2) is 4.79 Å². The number of aliphatic hydroxyl groups excluding tert-OH is 6. The first kappa shape index (κ1) is 92.0. The molecule has 8 aliphatic heterocycles. The number of carbonyl (C=O) groups excluding carboxylic acids is 8. The van der Waals surface area contributed by atoms with Gasteiger partial charge in [-0.15, -0.1) is 0 Å². The van der Waals surface area contributed by atoms with Gasteiger partial charge in [-0.1, -0.05) is 55.2 Å². The number of aromatic hydroxyl groups is 3. The van der Waals surface area contributed by atoms with Crippen molar-refractivity contribution in [3.8, 4) is 57.1 Å². The molecule has 0 saturated carbocycles. The number of primary amides is 1. The Morgan fingerprint density at radius 1 is 0.714 bits per heavy atom. The zero-order valence-corrected chi connectivity index (χ0v) is 69.0. The number of rotatable bonds is 19. The van der Waals surface area contributed by atoms with Crippen LogP contribution in [-0.4, -0.2) is 223 Å². The summed E-state index contributed by atoms with van der Waals surface area (Å²) in [4.78, 5) is 133. The Morgan fingerprint density at radius 2 is 1.36 bits per heavy atom. The van der Waals surface area contributed by atoms with Crippen LogP contribution >= 0.6 is 23.2 Å². The van der Waals surface area contributed by atoms with E-state index in [4.69, 9.17) is 66.5 Å². The standard InChI is InChI=1S/C83H90Cl2F3N11O27/c1-33(2)20-47(90-5)73(110)97-64-66(105)36-7-13-52(45(84)22-36)122-55-24-38-25-56(70(55)126-81-71(69(108)68(107)57(32-100)124-81)125-59-30-82(4,72(109)34(3)120-59)91-31-41-10-15-54(121-41)75(112)92-39-9-11-49(44(26-39)83(86,87)88)99-16-18-119-19-17-99)123-53-14-8-37(23-46(53)85)67(106)65-79(116)96-63(80(117)118)43-27-40(101)28-51(103)60(43)42-21-35(6-12-50(42)102)61(76(113)98-65)95-77(114)62(38)94-74(111)48(29-58(89)104)93-78(64)115/h6-15,21-28,33-34,47-48,57,59,61-69,71-72,81,90-91,100-103,105-109H,16-20,29-32H2,1-5H3,(H2,89,104)(H,92,112)(H,93,115)(H,94,111)(H,95,114)(H,96,116)(H,97,110)(H,98,113)(H,117,118)/t34-,47+,48-,57+,59-,61?,62?,63+,64+,65-,66+,67+,68+,69+,71+,72+,81?,82-/m0/s1. The number of carboxylic acids is 1. The first-order chi connectivity index (χ1) is 59.7. The van der Waals surface area contributed by atoms with E-state index in [1.54, 1.807) is 20.8 Å². The summed E-state index contributed by atoms with van der Waals surface area (Å²) in [6.45, 7) is 6.11. The number of furan rings is 1. The lowest BCUT2D eigenvalue weighted by Crippen LogP contribution is -2.65. The van der Waals surface area contributed by atoms with Crippen LogP contribution in [0.4, 0.5) is 24.5 Å². The van der Waals surface area contributed by atoms with Crippen LogP contribution < -0.4 is 72.7 Å². The number of phenols is 3. The third-order valence-electron chi connectivity index (χ3n) is 22.2. The summed E-state index contributed by atoms with van der Waals surface area (Å²) in [6.07, 6.45) is -24.9. The summed E-state index contributed by atoms with van der Waals surface area (Å²) in [6, 6.07) is 4.59. The molecule has 43 heteroatoms. The molecule has 11 bridgehead atoms. The average molecular weight is 1800 g/mol. The van der Waals surface area contributed by atoms with Crippen molar-refractivity contribution >= 4 is 87.8 Å². The number of phenolic OH excluding ortho intramolecular Hbond substituents is 3. The van der Waals surface area contributed by atoms with E-state index in [9.17, 15) is 93.0 Å². The second-order valence-corrected chi connectivity index (χ2v) is 32.3. The summed E-state index contributed by atoms with van der Waals surface area (Å²) < 4.78 is 93.9. The van der Waals surface area contributed by atoms with Crippen molar-refractivity contribution in [2.75, 3.05) is 50.2 Å². The molecular formula is C83H90Cl2F3N11O27. The Kier molecular flexibility index (Phi) is 27.6. The van der Waals surface area contributed by atoms with Crippen molar-refractivity contribution in [1.29, 1.82) is 0 Å².